The minimum atomic E-state index is -0.692. The number of carbonyl (C=O) groups is 1. The lowest BCUT2D eigenvalue weighted by molar-refractivity contribution is -0.152. The fraction of sp³-hybridized carbons (Fsp3) is 0.909. The van der Waals surface area contributed by atoms with Crippen molar-refractivity contribution in [3.63, 3.8) is 0 Å². The largest absolute Gasteiger partial charge is 0.465 e. The van der Waals surface area contributed by atoms with Gasteiger partial charge in [-0.25, -0.2) is 0 Å². The fourth-order valence-corrected chi connectivity index (χ4v) is 1.82. The summed E-state index contributed by atoms with van der Waals surface area (Å²) in [6.07, 6.45) is -0.165. The Morgan fingerprint density at radius 2 is 2.25 bits per heavy atom. The summed E-state index contributed by atoms with van der Waals surface area (Å²) in [7, 11) is 0. The molecule has 0 N–H and O–H groups in total. The van der Waals surface area contributed by atoms with Gasteiger partial charge in [0.05, 0.1) is 19.3 Å². The van der Waals surface area contributed by atoms with E-state index in [2.05, 4.69) is 0 Å². The topological polar surface area (TPSA) is 44.8 Å². The van der Waals surface area contributed by atoms with Crippen molar-refractivity contribution in [3.05, 3.63) is 0 Å². The first-order chi connectivity index (χ1) is 7.37. The fourth-order valence-electron chi connectivity index (χ4n) is 1.60. The number of hydrogen-bond acceptors (Lipinski definition) is 4. The number of esters is 1. The van der Waals surface area contributed by atoms with Crippen molar-refractivity contribution in [1.82, 2.24) is 0 Å². The third-order valence-electron chi connectivity index (χ3n) is 2.59. The van der Waals surface area contributed by atoms with Gasteiger partial charge in [-0.2, -0.15) is 0 Å². The average Bonchev–Trinajstić information content (AvgIpc) is 2.57. The van der Waals surface area contributed by atoms with E-state index in [1.54, 1.807) is 6.92 Å². The molecule has 1 aliphatic heterocycles. The van der Waals surface area contributed by atoms with Crippen molar-refractivity contribution in [2.24, 2.45) is 5.92 Å². The molecule has 0 aromatic rings. The number of hydrogen-bond donors (Lipinski definition) is 0. The molecule has 1 fully saturated rings. The summed E-state index contributed by atoms with van der Waals surface area (Å²) >= 11 is 6.02. The highest BCUT2D eigenvalue weighted by Gasteiger charge is 2.40. The number of carbonyl (C=O) groups excluding carboxylic acids is 1. The molecule has 0 spiro atoms. The van der Waals surface area contributed by atoms with Crippen LogP contribution in [0.3, 0.4) is 0 Å². The van der Waals surface area contributed by atoms with Gasteiger partial charge in [0.15, 0.2) is 5.79 Å². The van der Waals surface area contributed by atoms with Gasteiger partial charge in [0.25, 0.3) is 0 Å². The zero-order valence-electron chi connectivity index (χ0n) is 10.2. The highest BCUT2D eigenvalue weighted by atomic mass is 35.5. The smallest absolute Gasteiger partial charge is 0.324 e. The quantitative estimate of drug-likeness (QED) is 0.565. The molecule has 0 aromatic heterocycles. The first kappa shape index (κ1) is 13.7. The van der Waals surface area contributed by atoms with Crippen LogP contribution >= 0.6 is 11.6 Å². The number of rotatable bonds is 4. The molecule has 1 saturated heterocycles. The summed E-state index contributed by atoms with van der Waals surface area (Å²) in [5, 5.41) is -0.692. The Kier molecular flexibility index (Phi) is 4.59. The minimum absolute atomic E-state index is 0.137. The molecule has 94 valence electrons. The Morgan fingerprint density at radius 1 is 1.62 bits per heavy atom. The molecule has 0 saturated carbocycles. The highest BCUT2D eigenvalue weighted by Crippen LogP contribution is 2.30. The molecule has 0 aromatic carbocycles. The second-order valence-corrected chi connectivity index (χ2v) is 4.85. The van der Waals surface area contributed by atoms with E-state index in [1.807, 2.05) is 20.8 Å². The lowest BCUT2D eigenvalue weighted by atomic mass is 10.0. The maximum absolute atomic E-state index is 11.5. The van der Waals surface area contributed by atoms with Crippen molar-refractivity contribution in [2.75, 3.05) is 13.2 Å². The Bertz CT molecular complexity index is 254. The lowest BCUT2D eigenvalue weighted by Gasteiger charge is -2.23. The molecule has 1 unspecified atom stereocenters. The first-order valence-electron chi connectivity index (χ1n) is 5.50. The van der Waals surface area contributed by atoms with Crippen molar-refractivity contribution in [1.29, 1.82) is 0 Å². The second-order valence-electron chi connectivity index (χ2n) is 4.38. The van der Waals surface area contributed by atoms with Crippen LogP contribution in [0.1, 0.15) is 27.7 Å². The minimum Gasteiger partial charge on any atom is -0.465 e. The summed E-state index contributed by atoms with van der Waals surface area (Å²) in [6, 6.07) is 0. The standard InChI is InChI=1S/C11H19ClO4/c1-5-14-10(13)9(12)7(2)8-6-15-11(3,4)16-8/h7-9H,5-6H2,1-4H3/t7-,8-,9?/m1/s1. The molecular weight excluding hydrogens is 232 g/mol. The van der Waals surface area contributed by atoms with Gasteiger partial charge in [0.2, 0.25) is 0 Å². The number of ether oxygens (including phenoxy) is 3. The van der Waals surface area contributed by atoms with Crippen molar-refractivity contribution in [3.8, 4) is 0 Å². The highest BCUT2D eigenvalue weighted by molar-refractivity contribution is 6.30. The zero-order valence-corrected chi connectivity index (χ0v) is 10.9. The van der Waals surface area contributed by atoms with Crippen molar-refractivity contribution >= 4 is 17.6 Å². The molecule has 5 heteroatoms. The van der Waals surface area contributed by atoms with Crippen LogP contribution in [0.4, 0.5) is 0 Å². The molecule has 0 bridgehead atoms. The van der Waals surface area contributed by atoms with E-state index < -0.39 is 17.1 Å². The monoisotopic (exact) mass is 250 g/mol. The number of halogens is 1. The van der Waals surface area contributed by atoms with Gasteiger partial charge >= 0.3 is 5.97 Å². The normalized spacial score (nSPS) is 27.4. The van der Waals surface area contributed by atoms with Crippen LogP contribution in [0.25, 0.3) is 0 Å². The van der Waals surface area contributed by atoms with E-state index >= 15 is 0 Å². The second kappa shape index (κ2) is 5.34. The molecule has 0 aliphatic carbocycles. The zero-order chi connectivity index (χ0) is 12.3. The molecule has 1 aliphatic rings. The first-order valence-corrected chi connectivity index (χ1v) is 5.93. The van der Waals surface area contributed by atoms with Gasteiger partial charge in [0.1, 0.15) is 5.38 Å². The van der Waals surface area contributed by atoms with Gasteiger partial charge in [0, 0.05) is 5.92 Å². The van der Waals surface area contributed by atoms with Crippen LogP contribution in [0.5, 0.6) is 0 Å². The predicted octanol–water partition coefficient (Wildman–Crippen LogP) is 1.94. The predicted molar refractivity (Wildman–Crippen MR) is 60.3 cm³/mol. The summed E-state index contributed by atoms with van der Waals surface area (Å²) in [5.41, 5.74) is 0. The molecule has 0 radical (unpaired) electrons. The Balaban J connectivity index is 2.51. The number of alkyl halides is 1. The van der Waals surface area contributed by atoms with E-state index in [0.29, 0.717) is 13.2 Å². The Hall–Kier alpha value is -0.320. The Labute approximate surface area is 101 Å². The molecule has 3 atom stereocenters. The van der Waals surface area contributed by atoms with E-state index in [4.69, 9.17) is 25.8 Å². The van der Waals surface area contributed by atoms with E-state index in [1.165, 1.54) is 0 Å². The van der Waals surface area contributed by atoms with Crippen molar-refractivity contribution in [2.45, 2.75) is 45.0 Å². The van der Waals surface area contributed by atoms with E-state index in [-0.39, 0.29) is 12.0 Å². The van der Waals surface area contributed by atoms with Crippen LogP contribution < -0.4 is 0 Å². The average molecular weight is 251 g/mol. The third kappa shape index (κ3) is 3.34. The van der Waals surface area contributed by atoms with Crippen LogP contribution in [0, 0.1) is 5.92 Å². The summed E-state index contributed by atoms with van der Waals surface area (Å²) in [4.78, 5) is 11.5. The summed E-state index contributed by atoms with van der Waals surface area (Å²) in [6.45, 7) is 8.09. The van der Waals surface area contributed by atoms with Gasteiger partial charge in [-0.15, -0.1) is 11.6 Å². The van der Waals surface area contributed by atoms with Gasteiger partial charge in [-0.05, 0) is 20.8 Å². The summed E-state index contributed by atoms with van der Waals surface area (Å²) in [5.74, 6) is -1.13. The molecular formula is C11H19ClO4. The molecule has 1 rings (SSSR count). The summed E-state index contributed by atoms with van der Waals surface area (Å²) < 4.78 is 15.9. The Morgan fingerprint density at radius 3 is 2.69 bits per heavy atom. The SMILES string of the molecule is CCOC(=O)C(Cl)[C@H](C)[C@H]1COC(C)(C)O1. The van der Waals surface area contributed by atoms with E-state index in [9.17, 15) is 4.79 Å². The van der Waals surface area contributed by atoms with Gasteiger partial charge < -0.3 is 14.2 Å². The molecule has 1 heterocycles. The van der Waals surface area contributed by atoms with Gasteiger partial charge in [-0.3, -0.25) is 4.79 Å². The van der Waals surface area contributed by atoms with Crippen LogP contribution in [0.2, 0.25) is 0 Å². The van der Waals surface area contributed by atoms with E-state index in [0.717, 1.165) is 0 Å². The molecule has 0 amide bonds. The third-order valence-corrected chi connectivity index (χ3v) is 3.17. The van der Waals surface area contributed by atoms with Crippen LogP contribution in [0.15, 0.2) is 0 Å². The maximum Gasteiger partial charge on any atom is 0.324 e. The lowest BCUT2D eigenvalue weighted by Crippen LogP contribution is -2.35. The van der Waals surface area contributed by atoms with Gasteiger partial charge in [-0.1, -0.05) is 6.92 Å². The van der Waals surface area contributed by atoms with Crippen LogP contribution in [-0.2, 0) is 19.0 Å². The van der Waals surface area contributed by atoms with Crippen LogP contribution in [-0.4, -0.2) is 36.5 Å². The molecule has 4 nitrogen and oxygen atoms in total. The van der Waals surface area contributed by atoms with Crippen molar-refractivity contribution < 1.29 is 19.0 Å². The molecule has 16 heavy (non-hydrogen) atoms. The maximum atomic E-state index is 11.5.